The van der Waals surface area contributed by atoms with Gasteiger partial charge in [-0.1, -0.05) is 103 Å². The Morgan fingerprint density at radius 3 is 2.07 bits per heavy atom. The van der Waals surface area contributed by atoms with E-state index in [1.807, 2.05) is 0 Å². The minimum absolute atomic E-state index is 0.124. The van der Waals surface area contributed by atoms with Gasteiger partial charge in [-0.25, -0.2) is 0 Å². The summed E-state index contributed by atoms with van der Waals surface area (Å²) in [5.74, 6) is 1.57. The molecule has 3 saturated carbocycles. The average Bonchev–Trinajstić information content (AvgIpc) is 3.19. The molecule has 1 aromatic carbocycles. The molecular formula is C28H41P. The Labute approximate surface area is 180 Å². The highest BCUT2D eigenvalue weighted by Crippen LogP contribution is 2.70. The van der Waals surface area contributed by atoms with Gasteiger partial charge in [0.05, 0.1) is 0 Å². The largest absolute Gasteiger partial charge is 0.0939 e. The molecule has 4 aliphatic carbocycles. The average molecular weight is 409 g/mol. The molecule has 1 heteroatoms. The zero-order valence-electron chi connectivity index (χ0n) is 18.6. The van der Waals surface area contributed by atoms with Crippen LogP contribution in [-0.2, 0) is 0 Å². The lowest BCUT2D eigenvalue weighted by molar-refractivity contribution is 0.258. The third-order valence-corrected chi connectivity index (χ3v) is 13.4. The van der Waals surface area contributed by atoms with Crippen LogP contribution < -0.4 is 0 Å². The van der Waals surface area contributed by atoms with Crippen molar-refractivity contribution in [3.63, 3.8) is 0 Å². The second-order valence-electron chi connectivity index (χ2n) is 10.7. The summed E-state index contributed by atoms with van der Waals surface area (Å²) in [4.78, 5) is 0. The fourth-order valence-electron chi connectivity index (χ4n) is 7.71. The Hall–Kier alpha value is -0.610. The van der Waals surface area contributed by atoms with E-state index in [-0.39, 0.29) is 7.92 Å². The van der Waals surface area contributed by atoms with Gasteiger partial charge in [-0.3, -0.25) is 0 Å². The standard InChI is InChI=1S/C28H41P/c1-28(29(23-13-4-2-5-14-23)24-15-6-3-7-16-24)21-11-10-18-27(28)26-20-19-22-12-8-9-17-25(22)26/h8-9,12,17,19-20,23-24,26-27H,2-7,10-11,13-16,18,21H2,1H3. The molecule has 0 spiro atoms. The van der Waals surface area contributed by atoms with Gasteiger partial charge in [0.1, 0.15) is 0 Å². The van der Waals surface area contributed by atoms with Gasteiger partial charge in [-0.2, -0.15) is 0 Å². The summed E-state index contributed by atoms with van der Waals surface area (Å²) in [5.41, 5.74) is 5.30. The van der Waals surface area contributed by atoms with Crippen LogP contribution in [0.3, 0.4) is 0 Å². The van der Waals surface area contributed by atoms with Crippen LogP contribution in [0.4, 0.5) is 0 Å². The maximum atomic E-state index is 2.81. The molecule has 3 atom stereocenters. The molecule has 5 rings (SSSR count). The van der Waals surface area contributed by atoms with Gasteiger partial charge >= 0.3 is 0 Å². The van der Waals surface area contributed by atoms with Gasteiger partial charge in [0, 0.05) is 5.92 Å². The lowest BCUT2D eigenvalue weighted by Gasteiger charge is -2.56. The van der Waals surface area contributed by atoms with Gasteiger partial charge in [-0.05, 0) is 72.0 Å². The van der Waals surface area contributed by atoms with Crippen molar-refractivity contribution in [3.8, 4) is 0 Å². The van der Waals surface area contributed by atoms with E-state index in [9.17, 15) is 0 Å². The first-order valence-corrected chi connectivity index (χ1v) is 14.3. The molecule has 0 radical (unpaired) electrons. The summed E-state index contributed by atoms with van der Waals surface area (Å²) in [6.07, 6.45) is 26.3. The lowest BCUT2D eigenvalue weighted by atomic mass is 9.71. The Kier molecular flexibility index (Phi) is 6.21. The SMILES string of the molecule is CC1(P(C2CCCCC2)C2CCCCC2)CCCCC1C1C=Cc2ccccc21. The lowest BCUT2D eigenvalue weighted by Crippen LogP contribution is -2.44. The molecule has 3 unspecified atom stereocenters. The van der Waals surface area contributed by atoms with Crippen molar-refractivity contribution in [3.05, 3.63) is 41.5 Å². The van der Waals surface area contributed by atoms with Crippen LogP contribution in [0.25, 0.3) is 6.08 Å². The molecule has 0 amide bonds. The van der Waals surface area contributed by atoms with Crippen molar-refractivity contribution in [1.29, 1.82) is 0 Å². The van der Waals surface area contributed by atoms with E-state index >= 15 is 0 Å². The minimum Gasteiger partial charge on any atom is -0.0939 e. The van der Waals surface area contributed by atoms with Crippen molar-refractivity contribution in [2.45, 2.75) is 119 Å². The minimum atomic E-state index is 0.124. The first kappa shape index (κ1) is 20.3. The van der Waals surface area contributed by atoms with Crippen molar-refractivity contribution >= 4 is 14.0 Å². The van der Waals surface area contributed by atoms with Crippen LogP contribution >= 0.6 is 7.92 Å². The molecule has 0 bridgehead atoms. The van der Waals surface area contributed by atoms with Crippen molar-refractivity contribution in [2.75, 3.05) is 0 Å². The zero-order chi connectivity index (χ0) is 19.7. The third-order valence-electron chi connectivity index (χ3n) is 9.04. The monoisotopic (exact) mass is 408 g/mol. The Morgan fingerprint density at radius 2 is 1.38 bits per heavy atom. The first-order valence-electron chi connectivity index (χ1n) is 12.8. The van der Waals surface area contributed by atoms with Crippen LogP contribution in [0, 0.1) is 5.92 Å². The normalized spacial score (nSPS) is 33.9. The number of hydrogen-bond acceptors (Lipinski definition) is 0. The van der Waals surface area contributed by atoms with Gasteiger partial charge in [0.15, 0.2) is 0 Å². The van der Waals surface area contributed by atoms with Crippen molar-refractivity contribution in [1.82, 2.24) is 0 Å². The molecule has 0 N–H and O–H groups in total. The fraction of sp³-hybridized carbons (Fsp3) is 0.714. The summed E-state index contributed by atoms with van der Waals surface area (Å²) < 4.78 is 0. The first-order chi connectivity index (χ1) is 14.3. The summed E-state index contributed by atoms with van der Waals surface area (Å²) in [6, 6.07) is 9.29. The van der Waals surface area contributed by atoms with Crippen molar-refractivity contribution < 1.29 is 0 Å². The Bertz CT molecular complexity index is 691. The summed E-state index contributed by atoms with van der Waals surface area (Å²) in [7, 11) is 0.124. The highest BCUT2D eigenvalue weighted by molar-refractivity contribution is 7.60. The van der Waals surface area contributed by atoms with E-state index < -0.39 is 0 Å². The number of allylic oxidation sites excluding steroid dienone is 1. The topological polar surface area (TPSA) is 0 Å². The van der Waals surface area contributed by atoms with E-state index in [1.54, 1.807) is 31.2 Å². The molecule has 0 saturated heterocycles. The van der Waals surface area contributed by atoms with E-state index in [2.05, 4.69) is 43.3 Å². The molecule has 0 heterocycles. The number of rotatable bonds is 4. The molecular weight excluding hydrogens is 367 g/mol. The molecule has 3 fully saturated rings. The van der Waals surface area contributed by atoms with E-state index in [4.69, 9.17) is 0 Å². The Balaban J connectivity index is 1.50. The predicted octanol–water partition coefficient (Wildman–Crippen LogP) is 8.89. The van der Waals surface area contributed by atoms with Gasteiger partial charge in [-0.15, -0.1) is 0 Å². The molecule has 0 aromatic heterocycles. The van der Waals surface area contributed by atoms with Gasteiger partial charge in [0.25, 0.3) is 0 Å². The van der Waals surface area contributed by atoms with Crippen molar-refractivity contribution in [2.24, 2.45) is 5.92 Å². The molecule has 29 heavy (non-hydrogen) atoms. The second kappa shape index (κ2) is 8.86. The Morgan fingerprint density at radius 1 is 0.759 bits per heavy atom. The molecule has 0 aliphatic heterocycles. The van der Waals surface area contributed by atoms with E-state index in [1.165, 1.54) is 69.8 Å². The number of benzene rings is 1. The highest BCUT2D eigenvalue weighted by Gasteiger charge is 2.51. The summed E-state index contributed by atoms with van der Waals surface area (Å²) in [6.45, 7) is 2.81. The number of hydrogen-bond donors (Lipinski definition) is 0. The van der Waals surface area contributed by atoms with E-state index in [0.717, 1.165) is 17.2 Å². The van der Waals surface area contributed by atoms with Crippen LogP contribution in [0.15, 0.2) is 30.3 Å². The maximum absolute atomic E-state index is 2.81. The highest BCUT2D eigenvalue weighted by atomic mass is 31.1. The zero-order valence-corrected chi connectivity index (χ0v) is 19.5. The quantitative estimate of drug-likeness (QED) is 0.436. The predicted molar refractivity (Wildman–Crippen MR) is 129 cm³/mol. The van der Waals surface area contributed by atoms with Gasteiger partial charge in [0.2, 0.25) is 0 Å². The molecule has 4 aliphatic rings. The smallest absolute Gasteiger partial charge is 0.00641 e. The van der Waals surface area contributed by atoms with Gasteiger partial charge < -0.3 is 0 Å². The van der Waals surface area contributed by atoms with Crippen LogP contribution in [-0.4, -0.2) is 16.5 Å². The fourth-order valence-corrected chi connectivity index (χ4v) is 12.9. The molecule has 1 aromatic rings. The number of fused-ring (bicyclic) bond motifs is 1. The van der Waals surface area contributed by atoms with Crippen LogP contribution in [0.1, 0.15) is 114 Å². The van der Waals surface area contributed by atoms with Crippen LogP contribution in [0.5, 0.6) is 0 Å². The summed E-state index contributed by atoms with van der Waals surface area (Å²) >= 11 is 0. The van der Waals surface area contributed by atoms with E-state index in [0.29, 0.717) is 11.1 Å². The van der Waals surface area contributed by atoms with Crippen LogP contribution in [0.2, 0.25) is 0 Å². The third kappa shape index (κ3) is 3.89. The summed E-state index contributed by atoms with van der Waals surface area (Å²) in [5, 5.41) is 0.601. The second-order valence-corrected chi connectivity index (χ2v) is 14.0. The molecule has 0 nitrogen and oxygen atoms in total. The maximum Gasteiger partial charge on any atom is 0.00641 e. The molecule has 158 valence electrons.